The average Bonchev–Trinajstić information content (AvgIpc) is 2.43. The Kier molecular flexibility index (Phi) is 6.95. The summed E-state index contributed by atoms with van der Waals surface area (Å²) < 4.78 is 0. The molecule has 0 radical (unpaired) electrons. The second-order valence-electron chi connectivity index (χ2n) is 4.52. The van der Waals surface area contributed by atoms with E-state index < -0.39 is 0 Å². The minimum Gasteiger partial charge on any atom is -0.355 e. The molecule has 6 nitrogen and oxygen atoms in total. The molecule has 0 unspecified atom stereocenters. The maximum atomic E-state index is 11.2. The molecule has 1 saturated heterocycles. The van der Waals surface area contributed by atoms with E-state index in [9.17, 15) is 4.79 Å². The summed E-state index contributed by atoms with van der Waals surface area (Å²) in [4.78, 5) is 19.6. The molecule has 1 fully saturated rings. The summed E-state index contributed by atoms with van der Waals surface area (Å²) in [6, 6.07) is 0. The Labute approximate surface area is 115 Å². The van der Waals surface area contributed by atoms with Gasteiger partial charge in [0, 0.05) is 59.8 Å². The van der Waals surface area contributed by atoms with E-state index >= 15 is 0 Å². The first kappa shape index (κ1) is 15.5. The Morgan fingerprint density at radius 1 is 1.32 bits per heavy atom. The first-order chi connectivity index (χ1) is 9.17. The SMILES string of the molecule is C=CCNC(=NC)NCCN1CCN(C(C)=O)CC1. The predicted molar refractivity (Wildman–Crippen MR) is 78.3 cm³/mol. The van der Waals surface area contributed by atoms with Crippen LogP contribution in [0.15, 0.2) is 17.6 Å². The smallest absolute Gasteiger partial charge is 0.219 e. The quantitative estimate of drug-likeness (QED) is 0.401. The standard InChI is InChI=1S/C13H25N5O/c1-4-5-15-13(14-3)16-6-7-17-8-10-18(11-9-17)12(2)19/h4H,1,5-11H2,2-3H3,(H2,14,15,16). The Morgan fingerprint density at radius 3 is 2.53 bits per heavy atom. The second-order valence-corrected chi connectivity index (χ2v) is 4.52. The number of piperazine rings is 1. The number of aliphatic imine (C=N–C) groups is 1. The Balaban J connectivity index is 2.16. The summed E-state index contributed by atoms with van der Waals surface area (Å²) in [5.74, 6) is 0.967. The van der Waals surface area contributed by atoms with Crippen molar-refractivity contribution in [2.24, 2.45) is 4.99 Å². The molecule has 0 aliphatic carbocycles. The fourth-order valence-corrected chi connectivity index (χ4v) is 2.01. The fraction of sp³-hybridized carbons (Fsp3) is 0.692. The van der Waals surface area contributed by atoms with Gasteiger partial charge in [-0.25, -0.2) is 0 Å². The zero-order valence-electron chi connectivity index (χ0n) is 12.0. The number of rotatable bonds is 5. The minimum atomic E-state index is 0.173. The maximum absolute atomic E-state index is 11.2. The molecule has 6 heteroatoms. The molecule has 0 aromatic heterocycles. The van der Waals surface area contributed by atoms with Gasteiger partial charge in [-0.15, -0.1) is 6.58 Å². The lowest BCUT2D eigenvalue weighted by Gasteiger charge is -2.34. The third-order valence-electron chi connectivity index (χ3n) is 3.18. The molecule has 1 heterocycles. The Bertz CT molecular complexity index is 321. The van der Waals surface area contributed by atoms with E-state index in [0.717, 1.165) is 45.2 Å². The molecule has 0 aromatic carbocycles. The summed E-state index contributed by atoms with van der Waals surface area (Å²) in [5, 5.41) is 6.38. The summed E-state index contributed by atoms with van der Waals surface area (Å²) in [5.41, 5.74) is 0. The summed E-state index contributed by atoms with van der Waals surface area (Å²) in [6.45, 7) is 11.3. The van der Waals surface area contributed by atoms with Crippen LogP contribution < -0.4 is 10.6 Å². The van der Waals surface area contributed by atoms with Crippen LogP contribution in [0.1, 0.15) is 6.92 Å². The highest BCUT2D eigenvalue weighted by molar-refractivity contribution is 5.79. The van der Waals surface area contributed by atoms with Crippen molar-refractivity contribution in [3.8, 4) is 0 Å². The molecular weight excluding hydrogens is 242 g/mol. The number of nitrogens with one attached hydrogen (secondary N) is 2. The van der Waals surface area contributed by atoms with Gasteiger partial charge >= 0.3 is 0 Å². The molecule has 0 bridgehead atoms. The van der Waals surface area contributed by atoms with E-state index in [0.29, 0.717) is 6.54 Å². The monoisotopic (exact) mass is 267 g/mol. The fourth-order valence-electron chi connectivity index (χ4n) is 2.01. The Morgan fingerprint density at radius 2 is 2.00 bits per heavy atom. The van der Waals surface area contributed by atoms with E-state index in [-0.39, 0.29) is 5.91 Å². The highest BCUT2D eigenvalue weighted by Crippen LogP contribution is 2.00. The first-order valence-electron chi connectivity index (χ1n) is 6.70. The predicted octanol–water partition coefficient (Wildman–Crippen LogP) is -0.498. The van der Waals surface area contributed by atoms with Crippen LogP contribution in [0.25, 0.3) is 0 Å². The van der Waals surface area contributed by atoms with Gasteiger partial charge in [0.2, 0.25) is 5.91 Å². The molecular formula is C13H25N5O. The van der Waals surface area contributed by atoms with E-state index in [1.165, 1.54) is 0 Å². The summed E-state index contributed by atoms with van der Waals surface area (Å²) in [7, 11) is 1.75. The third kappa shape index (κ3) is 5.74. The lowest BCUT2D eigenvalue weighted by Crippen LogP contribution is -2.50. The van der Waals surface area contributed by atoms with Crippen LogP contribution in [0, 0.1) is 0 Å². The molecule has 0 saturated carbocycles. The van der Waals surface area contributed by atoms with Crippen molar-refractivity contribution < 1.29 is 4.79 Å². The number of hydrogen-bond donors (Lipinski definition) is 2. The van der Waals surface area contributed by atoms with E-state index in [4.69, 9.17) is 0 Å². The lowest BCUT2D eigenvalue weighted by atomic mass is 10.3. The zero-order valence-corrected chi connectivity index (χ0v) is 12.0. The molecule has 0 aromatic rings. The molecule has 1 aliphatic heterocycles. The molecule has 1 aliphatic rings. The number of carbonyl (C=O) groups is 1. The highest BCUT2D eigenvalue weighted by atomic mass is 16.2. The van der Waals surface area contributed by atoms with Crippen LogP contribution in [-0.2, 0) is 4.79 Å². The van der Waals surface area contributed by atoms with Crippen molar-refractivity contribution in [1.29, 1.82) is 0 Å². The number of amides is 1. The molecule has 0 spiro atoms. The van der Waals surface area contributed by atoms with E-state index in [1.54, 1.807) is 20.0 Å². The van der Waals surface area contributed by atoms with Gasteiger partial charge in [0.1, 0.15) is 0 Å². The molecule has 1 amide bonds. The van der Waals surface area contributed by atoms with Gasteiger partial charge in [-0.2, -0.15) is 0 Å². The number of guanidine groups is 1. The molecule has 19 heavy (non-hydrogen) atoms. The Hall–Kier alpha value is -1.56. The van der Waals surface area contributed by atoms with Gasteiger partial charge in [-0.05, 0) is 0 Å². The van der Waals surface area contributed by atoms with Gasteiger partial charge < -0.3 is 15.5 Å². The van der Waals surface area contributed by atoms with Crippen LogP contribution in [-0.4, -0.2) is 74.5 Å². The first-order valence-corrected chi connectivity index (χ1v) is 6.70. The van der Waals surface area contributed by atoms with Crippen molar-refractivity contribution in [2.75, 3.05) is 52.9 Å². The molecule has 2 N–H and O–H groups in total. The average molecular weight is 267 g/mol. The van der Waals surface area contributed by atoms with Crippen molar-refractivity contribution in [1.82, 2.24) is 20.4 Å². The topological polar surface area (TPSA) is 60.0 Å². The second kappa shape index (κ2) is 8.53. The zero-order chi connectivity index (χ0) is 14.1. The van der Waals surface area contributed by atoms with Gasteiger partial charge in [-0.3, -0.25) is 14.7 Å². The van der Waals surface area contributed by atoms with E-state index in [2.05, 4.69) is 27.1 Å². The minimum absolute atomic E-state index is 0.173. The molecule has 1 rings (SSSR count). The van der Waals surface area contributed by atoms with Crippen LogP contribution in [0.2, 0.25) is 0 Å². The normalized spacial score (nSPS) is 17.2. The van der Waals surface area contributed by atoms with Crippen LogP contribution >= 0.6 is 0 Å². The summed E-state index contributed by atoms with van der Waals surface area (Å²) in [6.07, 6.45) is 1.80. The van der Waals surface area contributed by atoms with Crippen molar-refractivity contribution in [3.05, 3.63) is 12.7 Å². The molecule has 108 valence electrons. The van der Waals surface area contributed by atoms with Gasteiger partial charge in [0.25, 0.3) is 0 Å². The molecule has 0 atom stereocenters. The third-order valence-corrected chi connectivity index (χ3v) is 3.18. The maximum Gasteiger partial charge on any atom is 0.219 e. The van der Waals surface area contributed by atoms with Crippen LogP contribution in [0.5, 0.6) is 0 Å². The largest absolute Gasteiger partial charge is 0.355 e. The summed E-state index contributed by atoms with van der Waals surface area (Å²) >= 11 is 0. The number of hydrogen-bond acceptors (Lipinski definition) is 3. The number of carbonyl (C=O) groups excluding carboxylic acids is 1. The van der Waals surface area contributed by atoms with Crippen LogP contribution in [0.4, 0.5) is 0 Å². The van der Waals surface area contributed by atoms with E-state index in [1.807, 2.05) is 4.90 Å². The van der Waals surface area contributed by atoms with Crippen molar-refractivity contribution in [2.45, 2.75) is 6.92 Å². The number of nitrogens with zero attached hydrogens (tertiary/aromatic N) is 3. The van der Waals surface area contributed by atoms with Crippen molar-refractivity contribution >= 4 is 11.9 Å². The van der Waals surface area contributed by atoms with Gasteiger partial charge in [0.15, 0.2) is 5.96 Å². The highest BCUT2D eigenvalue weighted by Gasteiger charge is 2.17. The van der Waals surface area contributed by atoms with Gasteiger partial charge in [0.05, 0.1) is 0 Å². The van der Waals surface area contributed by atoms with Gasteiger partial charge in [-0.1, -0.05) is 6.08 Å². The van der Waals surface area contributed by atoms with Crippen molar-refractivity contribution in [3.63, 3.8) is 0 Å². The lowest BCUT2D eigenvalue weighted by molar-refractivity contribution is -0.130. The van der Waals surface area contributed by atoms with Crippen LogP contribution in [0.3, 0.4) is 0 Å².